The first-order chi connectivity index (χ1) is 14.5. The van der Waals surface area contributed by atoms with Crippen molar-refractivity contribution in [1.82, 2.24) is 18.0 Å². The van der Waals surface area contributed by atoms with E-state index >= 15 is 0 Å². The molecule has 1 fully saturated rings. The van der Waals surface area contributed by atoms with Crippen molar-refractivity contribution < 1.29 is 8.42 Å². The van der Waals surface area contributed by atoms with Gasteiger partial charge in [0, 0.05) is 32.7 Å². The van der Waals surface area contributed by atoms with Gasteiger partial charge in [-0.1, -0.05) is 30.3 Å². The van der Waals surface area contributed by atoms with Gasteiger partial charge in [0.15, 0.2) is 0 Å². The molecule has 9 heteroatoms. The third-order valence-corrected chi connectivity index (χ3v) is 8.96. The maximum atomic E-state index is 13.3. The largest absolute Gasteiger partial charge is 0.298 e. The highest BCUT2D eigenvalue weighted by Crippen LogP contribution is 2.30. The van der Waals surface area contributed by atoms with Crippen LogP contribution in [0.3, 0.4) is 0 Å². The van der Waals surface area contributed by atoms with E-state index in [2.05, 4.69) is 37.9 Å². The Morgan fingerprint density at radius 3 is 2.48 bits per heavy atom. The average Bonchev–Trinajstić information content (AvgIpc) is 3.25. The topological polar surface area (TPSA) is 66.4 Å². The van der Waals surface area contributed by atoms with Crippen molar-refractivity contribution in [2.24, 2.45) is 5.92 Å². The zero-order valence-corrected chi connectivity index (χ0v) is 20.0. The van der Waals surface area contributed by atoms with E-state index in [1.807, 2.05) is 13.0 Å². The molecule has 3 aromatic rings. The van der Waals surface area contributed by atoms with Crippen LogP contribution in [0.2, 0.25) is 0 Å². The lowest BCUT2D eigenvalue weighted by Crippen LogP contribution is -2.42. The van der Waals surface area contributed by atoms with Gasteiger partial charge in [0.25, 0.3) is 0 Å². The number of hydrogen-bond acceptors (Lipinski definition) is 6. The molecular formula is C22H27ClN4O2S2. The zero-order chi connectivity index (χ0) is 20.7. The van der Waals surface area contributed by atoms with Gasteiger partial charge in [-0.2, -0.15) is 13.1 Å². The molecule has 2 aromatic carbocycles. The van der Waals surface area contributed by atoms with Crippen molar-refractivity contribution in [1.29, 1.82) is 0 Å². The first kappa shape index (κ1) is 22.6. The number of rotatable bonds is 4. The Morgan fingerprint density at radius 1 is 1.00 bits per heavy atom. The lowest BCUT2D eigenvalue weighted by molar-refractivity contribution is 0.171. The molecule has 0 spiro atoms. The van der Waals surface area contributed by atoms with Gasteiger partial charge in [-0.05, 0) is 54.9 Å². The fraction of sp³-hybridized carbons (Fsp3) is 0.455. The molecular weight excluding hydrogens is 452 g/mol. The average molecular weight is 479 g/mol. The first-order valence-electron chi connectivity index (χ1n) is 10.5. The van der Waals surface area contributed by atoms with Gasteiger partial charge in [0.2, 0.25) is 10.0 Å². The summed E-state index contributed by atoms with van der Waals surface area (Å²) in [5.74, 6) is 0.542. The summed E-state index contributed by atoms with van der Waals surface area (Å²) in [6.07, 6.45) is 2.91. The lowest BCUT2D eigenvalue weighted by Gasteiger charge is -2.36. The van der Waals surface area contributed by atoms with Crippen LogP contribution in [0.1, 0.15) is 29.5 Å². The van der Waals surface area contributed by atoms with Crippen LogP contribution in [-0.2, 0) is 23.0 Å². The molecule has 1 aromatic heterocycles. The van der Waals surface area contributed by atoms with Crippen LogP contribution in [0.5, 0.6) is 0 Å². The highest BCUT2D eigenvalue weighted by atomic mass is 35.5. The number of aromatic nitrogens is 2. The third kappa shape index (κ3) is 4.36. The molecule has 0 amide bonds. The number of piperidine rings is 1. The molecule has 6 nitrogen and oxygen atoms in total. The molecule has 5 rings (SSSR count). The van der Waals surface area contributed by atoms with E-state index in [-0.39, 0.29) is 12.4 Å². The highest BCUT2D eigenvalue weighted by molar-refractivity contribution is 7.89. The molecule has 0 unspecified atom stereocenters. The molecule has 3 heterocycles. The van der Waals surface area contributed by atoms with Gasteiger partial charge in [-0.15, -0.1) is 12.4 Å². The van der Waals surface area contributed by atoms with Gasteiger partial charge in [-0.3, -0.25) is 4.90 Å². The molecule has 166 valence electrons. The van der Waals surface area contributed by atoms with Crippen LogP contribution >= 0.6 is 24.1 Å². The Balaban J connectivity index is 0.00000231. The molecule has 2 aliphatic heterocycles. The van der Waals surface area contributed by atoms with E-state index in [1.54, 1.807) is 10.4 Å². The summed E-state index contributed by atoms with van der Waals surface area (Å²) in [5.41, 5.74) is 5.06. The number of sulfonamides is 1. The summed E-state index contributed by atoms with van der Waals surface area (Å²) < 4.78 is 36.8. The second kappa shape index (κ2) is 9.11. The zero-order valence-electron chi connectivity index (χ0n) is 17.5. The summed E-state index contributed by atoms with van der Waals surface area (Å²) in [6, 6.07) is 12.2. The fourth-order valence-electron chi connectivity index (χ4n) is 4.72. The smallest absolute Gasteiger partial charge is 0.245 e. The minimum absolute atomic E-state index is 0. The maximum Gasteiger partial charge on any atom is 0.245 e. The van der Waals surface area contributed by atoms with Crippen molar-refractivity contribution >= 4 is 45.2 Å². The van der Waals surface area contributed by atoms with Crippen LogP contribution in [0.4, 0.5) is 0 Å². The van der Waals surface area contributed by atoms with Gasteiger partial charge in [0.05, 0.1) is 11.7 Å². The van der Waals surface area contributed by atoms with Crippen molar-refractivity contribution in [2.45, 2.75) is 37.6 Å². The summed E-state index contributed by atoms with van der Waals surface area (Å²) in [6.45, 7) is 6.23. The predicted molar refractivity (Wildman–Crippen MR) is 126 cm³/mol. The van der Waals surface area contributed by atoms with Gasteiger partial charge in [-0.25, -0.2) is 8.42 Å². The van der Waals surface area contributed by atoms with Gasteiger partial charge >= 0.3 is 0 Å². The van der Waals surface area contributed by atoms with E-state index in [4.69, 9.17) is 0 Å². The number of aryl methyl sites for hydroxylation is 1. The number of fused-ring (bicyclic) bond motifs is 2. The monoisotopic (exact) mass is 478 g/mol. The van der Waals surface area contributed by atoms with Crippen molar-refractivity contribution in [3.8, 4) is 0 Å². The predicted octanol–water partition coefficient (Wildman–Crippen LogP) is 3.88. The Hall–Kier alpha value is -1.58. The van der Waals surface area contributed by atoms with E-state index in [1.165, 1.54) is 11.1 Å². The van der Waals surface area contributed by atoms with Crippen molar-refractivity contribution in [3.05, 3.63) is 53.1 Å². The molecule has 0 aliphatic carbocycles. The second-order valence-corrected chi connectivity index (χ2v) is 10.9. The molecule has 0 bridgehead atoms. The fourth-order valence-corrected chi connectivity index (χ4v) is 7.00. The van der Waals surface area contributed by atoms with Gasteiger partial charge < -0.3 is 0 Å². The van der Waals surface area contributed by atoms with E-state index in [0.717, 1.165) is 56.2 Å². The number of benzene rings is 2. The minimum atomic E-state index is -3.55. The number of hydrogen-bond donors (Lipinski definition) is 0. The van der Waals surface area contributed by atoms with Crippen LogP contribution in [0.15, 0.2) is 41.3 Å². The molecule has 0 N–H and O–H groups in total. The number of halogens is 1. The highest BCUT2D eigenvalue weighted by Gasteiger charge is 2.32. The molecule has 0 saturated carbocycles. The summed E-state index contributed by atoms with van der Waals surface area (Å²) in [5, 5.41) is 0. The van der Waals surface area contributed by atoms with E-state index in [0.29, 0.717) is 34.9 Å². The Morgan fingerprint density at radius 2 is 1.71 bits per heavy atom. The van der Waals surface area contributed by atoms with Crippen molar-refractivity contribution in [2.75, 3.05) is 26.2 Å². The van der Waals surface area contributed by atoms with Crippen LogP contribution in [0, 0.1) is 12.8 Å². The lowest BCUT2D eigenvalue weighted by atomic mass is 9.94. The quantitative estimate of drug-likeness (QED) is 0.569. The minimum Gasteiger partial charge on any atom is -0.298 e. The Bertz CT molecular complexity index is 1170. The molecule has 0 atom stereocenters. The molecule has 0 radical (unpaired) electrons. The Kier molecular flexibility index (Phi) is 6.65. The van der Waals surface area contributed by atoms with Crippen LogP contribution in [0.25, 0.3) is 11.0 Å². The maximum absolute atomic E-state index is 13.3. The van der Waals surface area contributed by atoms with Gasteiger partial charge in [0.1, 0.15) is 15.9 Å². The summed E-state index contributed by atoms with van der Waals surface area (Å²) >= 11 is 1.07. The SMILES string of the molecule is Cc1ccc(S(=O)(=O)N2CCC(CN3CCc4ccccc4C3)CC2)c2nsnc12.Cl. The number of nitrogens with zero attached hydrogens (tertiary/aromatic N) is 4. The first-order valence-corrected chi connectivity index (χ1v) is 12.7. The summed E-state index contributed by atoms with van der Waals surface area (Å²) in [7, 11) is -3.55. The third-order valence-electron chi connectivity index (χ3n) is 6.50. The van der Waals surface area contributed by atoms with E-state index in [9.17, 15) is 8.42 Å². The van der Waals surface area contributed by atoms with Crippen molar-refractivity contribution in [3.63, 3.8) is 0 Å². The molecule has 1 saturated heterocycles. The van der Waals surface area contributed by atoms with Crippen LogP contribution < -0.4 is 0 Å². The van der Waals surface area contributed by atoms with Crippen LogP contribution in [-0.4, -0.2) is 52.5 Å². The second-order valence-electron chi connectivity index (χ2n) is 8.44. The normalized spacial score (nSPS) is 18.6. The molecule has 2 aliphatic rings. The van der Waals surface area contributed by atoms with E-state index < -0.39 is 10.0 Å². The summed E-state index contributed by atoms with van der Waals surface area (Å²) in [4.78, 5) is 2.82. The standard InChI is InChI=1S/C22H26N4O2S2.ClH/c1-16-6-7-20(22-21(16)23-29-24-22)30(27,28)26-12-8-17(9-13-26)14-25-11-10-18-4-2-3-5-19(18)15-25;/h2-7,17H,8-15H2,1H3;1H. The Labute approximate surface area is 194 Å². The molecule has 31 heavy (non-hydrogen) atoms.